The van der Waals surface area contributed by atoms with Gasteiger partial charge in [-0.05, 0) is 36.6 Å². The third-order valence-electron chi connectivity index (χ3n) is 5.46. The Labute approximate surface area is 184 Å². The van der Waals surface area contributed by atoms with Gasteiger partial charge in [0.1, 0.15) is 24.3 Å². The zero-order valence-electron chi connectivity index (χ0n) is 17.2. The molecule has 1 aromatic carbocycles. The van der Waals surface area contributed by atoms with Gasteiger partial charge in [0.15, 0.2) is 9.84 Å². The number of pyridine rings is 1. The van der Waals surface area contributed by atoms with Crippen LogP contribution in [0.2, 0.25) is 0 Å². The molecule has 10 nitrogen and oxygen atoms in total. The number of aromatic hydroxyl groups is 1. The molecule has 1 N–H and O–H groups in total. The molecule has 1 fully saturated rings. The van der Waals surface area contributed by atoms with Gasteiger partial charge in [0.2, 0.25) is 5.88 Å². The Morgan fingerprint density at radius 1 is 1.34 bits per heavy atom. The lowest BCUT2D eigenvalue weighted by Gasteiger charge is -2.18. The molecule has 1 unspecified atom stereocenters. The van der Waals surface area contributed by atoms with Gasteiger partial charge in [-0.15, -0.1) is 0 Å². The van der Waals surface area contributed by atoms with Crippen molar-refractivity contribution in [3.8, 4) is 11.9 Å². The van der Waals surface area contributed by atoms with Crippen LogP contribution in [0, 0.1) is 18.3 Å². The van der Waals surface area contributed by atoms with E-state index in [0.29, 0.717) is 17.8 Å². The maximum absolute atomic E-state index is 12.8. The minimum absolute atomic E-state index is 0.0658. The van der Waals surface area contributed by atoms with Crippen molar-refractivity contribution in [1.82, 2.24) is 19.3 Å². The highest BCUT2D eigenvalue weighted by atomic mass is 32.2. The van der Waals surface area contributed by atoms with Crippen LogP contribution in [-0.2, 0) is 16.4 Å². The van der Waals surface area contributed by atoms with E-state index in [1.54, 1.807) is 30.1 Å². The number of hydrogen-bond acceptors (Lipinski definition) is 8. The number of nitrogens with zero attached hydrogens (tertiary/aromatic N) is 6. The molecule has 32 heavy (non-hydrogen) atoms. The van der Waals surface area contributed by atoms with E-state index in [2.05, 4.69) is 15.1 Å². The fourth-order valence-corrected chi connectivity index (χ4v) is 5.44. The molecule has 1 atom stereocenters. The van der Waals surface area contributed by atoms with E-state index < -0.39 is 21.4 Å². The molecule has 0 radical (unpaired) electrons. The standard InChI is InChI=1S/C21H20N6O4S/c1-14-18(8-22)20(28)27(17-6-7-32(30,31)11-17)21(29)19(14)9-24-16-4-2-15(3-5-16)10-26-13-23-12-25-26/h2-5,9,12-13,17,29H,6-7,10-11H2,1H3. The Hall–Kier alpha value is -3.78. The van der Waals surface area contributed by atoms with Crippen LogP contribution in [0.1, 0.15) is 34.7 Å². The molecule has 1 saturated heterocycles. The molecule has 1 aliphatic heterocycles. The van der Waals surface area contributed by atoms with E-state index in [9.17, 15) is 23.6 Å². The smallest absolute Gasteiger partial charge is 0.271 e. The third kappa shape index (κ3) is 4.17. The molecule has 4 rings (SSSR count). The van der Waals surface area contributed by atoms with Crippen LogP contribution < -0.4 is 5.56 Å². The largest absolute Gasteiger partial charge is 0.494 e. The van der Waals surface area contributed by atoms with E-state index in [1.807, 2.05) is 18.2 Å². The first-order chi connectivity index (χ1) is 15.3. The van der Waals surface area contributed by atoms with E-state index in [0.717, 1.165) is 10.1 Å². The van der Waals surface area contributed by atoms with Gasteiger partial charge in [0.25, 0.3) is 5.56 Å². The summed E-state index contributed by atoms with van der Waals surface area (Å²) in [6.07, 6.45) is 4.67. The summed E-state index contributed by atoms with van der Waals surface area (Å²) < 4.78 is 26.5. The van der Waals surface area contributed by atoms with Crippen LogP contribution in [0.5, 0.6) is 5.88 Å². The zero-order chi connectivity index (χ0) is 22.9. The maximum Gasteiger partial charge on any atom is 0.271 e. The van der Waals surface area contributed by atoms with Gasteiger partial charge < -0.3 is 5.11 Å². The molecule has 1 aliphatic rings. The minimum Gasteiger partial charge on any atom is -0.494 e. The van der Waals surface area contributed by atoms with Crippen LogP contribution in [0.3, 0.4) is 0 Å². The molecule has 3 heterocycles. The lowest BCUT2D eigenvalue weighted by atomic mass is 10.0. The summed E-state index contributed by atoms with van der Waals surface area (Å²) in [7, 11) is -3.30. The second kappa shape index (κ2) is 8.39. The first-order valence-electron chi connectivity index (χ1n) is 9.83. The fourth-order valence-electron chi connectivity index (χ4n) is 3.74. The number of sulfone groups is 1. The van der Waals surface area contributed by atoms with E-state index in [-0.39, 0.29) is 34.9 Å². The lowest BCUT2D eigenvalue weighted by molar-refractivity contribution is 0.379. The molecular formula is C21H20N6O4S. The summed E-state index contributed by atoms with van der Waals surface area (Å²) in [6, 6.07) is 8.50. The van der Waals surface area contributed by atoms with Gasteiger partial charge in [0, 0.05) is 6.21 Å². The highest BCUT2D eigenvalue weighted by Crippen LogP contribution is 2.29. The first-order valence-corrected chi connectivity index (χ1v) is 11.6. The van der Waals surface area contributed by atoms with Crippen molar-refractivity contribution in [2.24, 2.45) is 4.99 Å². The SMILES string of the molecule is Cc1c(C=Nc2ccc(Cn3cncn3)cc2)c(O)n(C2CCS(=O)(=O)C2)c(=O)c1C#N. The van der Waals surface area contributed by atoms with E-state index >= 15 is 0 Å². The average Bonchev–Trinajstić information content (AvgIpc) is 3.38. The van der Waals surface area contributed by atoms with Crippen LogP contribution >= 0.6 is 0 Å². The monoisotopic (exact) mass is 452 g/mol. The Morgan fingerprint density at radius 2 is 2.09 bits per heavy atom. The summed E-state index contributed by atoms with van der Waals surface area (Å²) in [4.78, 5) is 21.0. The second-order valence-corrected chi connectivity index (χ2v) is 9.83. The fraction of sp³-hybridized carbons (Fsp3) is 0.286. The Morgan fingerprint density at radius 3 is 2.69 bits per heavy atom. The van der Waals surface area contributed by atoms with Crippen LogP contribution in [-0.4, -0.2) is 50.6 Å². The highest BCUT2D eigenvalue weighted by molar-refractivity contribution is 7.91. The molecule has 0 amide bonds. The van der Waals surface area contributed by atoms with Crippen LogP contribution in [0.25, 0.3) is 0 Å². The molecule has 0 spiro atoms. The summed E-state index contributed by atoms with van der Waals surface area (Å²) in [5, 5.41) is 24.4. The molecule has 0 bridgehead atoms. The molecule has 164 valence electrons. The van der Waals surface area contributed by atoms with E-state index in [1.165, 1.54) is 12.5 Å². The third-order valence-corrected chi connectivity index (χ3v) is 7.21. The minimum atomic E-state index is -3.30. The Bertz CT molecular complexity index is 1380. The number of aliphatic imine (C=N–C) groups is 1. The number of benzene rings is 1. The van der Waals surface area contributed by atoms with Crippen molar-refractivity contribution in [3.63, 3.8) is 0 Å². The van der Waals surface area contributed by atoms with Crippen molar-refractivity contribution in [1.29, 1.82) is 5.26 Å². The van der Waals surface area contributed by atoms with Gasteiger partial charge in [-0.25, -0.2) is 18.1 Å². The van der Waals surface area contributed by atoms with Crippen molar-refractivity contribution in [3.05, 3.63) is 69.5 Å². The van der Waals surface area contributed by atoms with Crippen molar-refractivity contribution in [2.45, 2.75) is 25.9 Å². The summed E-state index contributed by atoms with van der Waals surface area (Å²) in [5.74, 6) is -0.706. The van der Waals surface area contributed by atoms with Gasteiger partial charge in [-0.1, -0.05) is 12.1 Å². The van der Waals surface area contributed by atoms with Gasteiger partial charge in [0.05, 0.1) is 35.3 Å². The van der Waals surface area contributed by atoms with Crippen molar-refractivity contribution in [2.75, 3.05) is 11.5 Å². The number of rotatable bonds is 5. The maximum atomic E-state index is 12.8. The quantitative estimate of drug-likeness (QED) is 0.578. The lowest BCUT2D eigenvalue weighted by Crippen LogP contribution is -2.29. The predicted molar refractivity (Wildman–Crippen MR) is 117 cm³/mol. The Balaban J connectivity index is 1.67. The molecule has 0 aliphatic carbocycles. The predicted octanol–water partition coefficient (Wildman–Crippen LogP) is 1.48. The summed E-state index contributed by atoms with van der Waals surface area (Å²) in [6.45, 7) is 2.11. The second-order valence-electron chi connectivity index (χ2n) is 7.60. The van der Waals surface area contributed by atoms with Crippen molar-refractivity contribution < 1.29 is 13.5 Å². The summed E-state index contributed by atoms with van der Waals surface area (Å²) in [5.41, 5.74) is 1.26. The van der Waals surface area contributed by atoms with E-state index in [4.69, 9.17) is 0 Å². The number of aromatic nitrogens is 4. The highest BCUT2D eigenvalue weighted by Gasteiger charge is 2.33. The van der Waals surface area contributed by atoms with Gasteiger partial charge >= 0.3 is 0 Å². The number of hydrogen-bond donors (Lipinski definition) is 1. The Kier molecular flexibility index (Phi) is 5.63. The number of nitriles is 1. The average molecular weight is 452 g/mol. The van der Waals surface area contributed by atoms with Crippen LogP contribution in [0.15, 0.2) is 46.7 Å². The topological polar surface area (TPSA) is 143 Å². The molecule has 0 saturated carbocycles. The molecule has 11 heteroatoms. The molecular weight excluding hydrogens is 432 g/mol. The molecule has 3 aromatic rings. The van der Waals surface area contributed by atoms with Gasteiger partial charge in [-0.2, -0.15) is 10.4 Å². The first kappa shape index (κ1) is 21.5. The van der Waals surface area contributed by atoms with Crippen molar-refractivity contribution >= 4 is 21.7 Å². The summed E-state index contributed by atoms with van der Waals surface area (Å²) >= 11 is 0. The zero-order valence-corrected chi connectivity index (χ0v) is 18.0. The molecule has 2 aromatic heterocycles. The normalized spacial score (nSPS) is 17.6. The van der Waals surface area contributed by atoms with Gasteiger partial charge in [-0.3, -0.25) is 14.4 Å². The van der Waals surface area contributed by atoms with Crippen LogP contribution in [0.4, 0.5) is 5.69 Å².